The fraction of sp³-hybridized carbons (Fsp3) is 0.615. The summed E-state index contributed by atoms with van der Waals surface area (Å²) in [7, 11) is 1.37. The van der Waals surface area contributed by atoms with E-state index in [1.54, 1.807) is 0 Å². The molecule has 0 fully saturated rings. The molecule has 2 heterocycles. The summed E-state index contributed by atoms with van der Waals surface area (Å²) in [6.07, 6.45) is -1.53. The molecule has 20 heavy (non-hydrogen) atoms. The minimum atomic E-state index is -2.90. The Labute approximate surface area is 125 Å². The van der Waals surface area contributed by atoms with Crippen molar-refractivity contribution < 1.29 is 14.7 Å². The van der Waals surface area contributed by atoms with Crippen LogP contribution < -0.4 is 11.2 Å². The third kappa shape index (κ3) is 2.53. The van der Waals surface area contributed by atoms with Crippen LogP contribution in [0.3, 0.4) is 0 Å². The van der Waals surface area contributed by atoms with E-state index in [4.69, 9.17) is 9.60 Å². The van der Waals surface area contributed by atoms with Crippen molar-refractivity contribution in [3.8, 4) is 0 Å². The maximum atomic E-state index is 12.6. The first-order chi connectivity index (χ1) is 12.3. The van der Waals surface area contributed by atoms with Gasteiger partial charge in [0.1, 0.15) is 1.37 Å². The van der Waals surface area contributed by atoms with Gasteiger partial charge in [0.2, 0.25) is 0 Å². The Hall–Kier alpha value is -1.89. The first kappa shape index (κ1) is 7.78. The van der Waals surface area contributed by atoms with Gasteiger partial charge in [0, 0.05) is 28.8 Å². The van der Waals surface area contributed by atoms with Crippen LogP contribution in [0.25, 0.3) is 11.2 Å². The third-order valence-corrected chi connectivity index (χ3v) is 3.04. The fourth-order valence-electron chi connectivity index (χ4n) is 2.00. The summed E-state index contributed by atoms with van der Waals surface area (Å²) in [5.74, 6) is 0. The maximum Gasteiger partial charge on any atom is 0.332 e. The van der Waals surface area contributed by atoms with Gasteiger partial charge >= 0.3 is 5.69 Å². The van der Waals surface area contributed by atoms with Gasteiger partial charge in [0.05, 0.1) is 12.4 Å². The van der Waals surface area contributed by atoms with E-state index in [-0.39, 0.29) is 43.3 Å². The number of aliphatic hydroxyl groups is 1. The van der Waals surface area contributed by atoms with E-state index < -0.39 is 31.2 Å². The summed E-state index contributed by atoms with van der Waals surface area (Å²) in [5.41, 5.74) is -2.42. The quantitative estimate of drug-likeness (QED) is 0.784. The van der Waals surface area contributed by atoms with E-state index in [1.807, 2.05) is 0 Å². The molecule has 0 spiro atoms. The van der Waals surface area contributed by atoms with Gasteiger partial charge in [-0.1, -0.05) is 0 Å². The van der Waals surface area contributed by atoms with Crippen molar-refractivity contribution in [1.82, 2.24) is 18.7 Å². The third-order valence-electron chi connectivity index (χ3n) is 3.04. The van der Waals surface area contributed by atoms with E-state index in [1.165, 1.54) is 7.05 Å². The first-order valence-corrected chi connectivity index (χ1v) is 6.14. The summed E-state index contributed by atoms with van der Waals surface area (Å²) in [5, 5.41) is 9.52. The normalized spacial score (nSPS) is 19.4. The van der Waals surface area contributed by atoms with Crippen molar-refractivity contribution in [3.63, 3.8) is 0 Å². The number of rotatable bonds is 5. The number of imidazole rings is 1. The van der Waals surface area contributed by atoms with E-state index in [9.17, 15) is 14.7 Å². The zero-order chi connectivity index (χ0) is 20.7. The Morgan fingerprint density at radius 3 is 3.00 bits per heavy atom. The molecule has 1 N–H and O–H groups in total. The van der Waals surface area contributed by atoms with E-state index in [0.29, 0.717) is 4.57 Å². The van der Waals surface area contributed by atoms with Gasteiger partial charge in [-0.15, -0.1) is 0 Å². The number of hydrogen-bond donors (Lipinski definition) is 1. The molecule has 0 bridgehead atoms. The van der Waals surface area contributed by atoms with Crippen LogP contribution in [-0.2, 0) is 20.6 Å². The second-order valence-electron chi connectivity index (χ2n) is 4.53. The molecule has 0 aliphatic heterocycles. The lowest BCUT2D eigenvalue weighted by atomic mass is 10.2. The summed E-state index contributed by atoms with van der Waals surface area (Å²) in [4.78, 5) is 28.9. The summed E-state index contributed by atoms with van der Waals surface area (Å²) >= 11 is 0. The Morgan fingerprint density at radius 2 is 2.30 bits per heavy atom. The predicted octanol–water partition coefficient (Wildman–Crippen LogP) is -0.0152. The van der Waals surface area contributed by atoms with E-state index >= 15 is 0 Å². The van der Waals surface area contributed by atoms with Gasteiger partial charge in [0.15, 0.2) is 11.2 Å². The fourth-order valence-corrected chi connectivity index (χ4v) is 2.00. The number of aryl methyl sites for hydroxylation is 2. The zero-order valence-corrected chi connectivity index (χ0v) is 11.0. The second-order valence-corrected chi connectivity index (χ2v) is 4.53. The number of hydrogen-bond acceptors (Lipinski definition) is 4. The largest absolute Gasteiger partial charge is 0.393 e. The molecule has 0 aromatic carbocycles. The lowest BCUT2D eigenvalue weighted by Gasteiger charge is -2.09. The van der Waals surface area contributed by atoms with Gasteiger partial charge in [-0.25, -0.2) is 9.78 Å². The molecule has 0 saturated carbocycles. The summed E-state index contributed by atoms with van der Waals surface area (Å²) in [6, 6.07) is 0. The Morgan fingerprint density at radius 1 is 1.50 bits per heavy atom. The molecule has 0 radical (unpaired) electrons. The minimum Gasteiger partial charge on any atom is -0.393 e. The molecule has 0 amide bonds. The highest BCUT2D eigenvalue weighted by Crippen LogP contribution is 2.04. The molecule has 110 valence electrons. The average molecular weight is 287 g/mol. The Kier molecular flexibility index (Phi) is 2.19. The molecule has 0 saturated heterocycles. The second kappa shape index (κ2) is 5.62. The first-order valence-electron chi connectivity index (χ1n) is 9.64. The Balaban J connectivity index is 2.42. The van der Waals surface area contributed by atoms with Crippen LogP contribution in [0.15, 0.2) is 15.9 Å². The van der Waals surface area contributed by atoms with Crippen molar-refractivity contribution in [3.05, 3.63) is 27.1 Å². The monoisotopic (exact) mass is 287 g/mol. The van der Waals surface area contributed by atoms with Gasteiger partial charge in [-0.2, -0.15) is 0 Å². The highest BCUT2D eigenvalue weighted by molar-refractivity contribution is 5.69. The Bertz CT molecular complexity index is 954. The molecule has 2 aromatic rings. The molecular formula is C13H20N4O3. The molecule has 1 atom stereocenters. The summed E-state index contributed by atoms with van der Waals surface area (Å²) < 4.78 is 53.9. The van der Waals surface area contributed by atoms with Crippen LogP contribution in [0, 0.1) is 0 Å². The van der Waals surface area contributed by atoms with Crippen molar-refractivity contribution >= 4 is 11.2 Å². The number of aromatic nitrogens is 4. The number of fused-ring (bicyclic) bond motifs is 1. The molecule has 2 aromatic heterocycles. The molecule has 0 aliphatic rings. The van der Waals surface area contributed by atoms with Crippen LogP contribution in [0.5, 0.6) is 0 Å². The number of unbranched alkanes of at least 4 members (excludes halogenated alkanes) is 1. The molecule has 1 unspecified atom stereocenters. The lowest BCUT2D eigenvalue weighted by Crippen LogP contribution is -2.39. The maximum absolute atomic E-state index is 12.6. The predicted molar refractivity (Wildman–Crippen MR) is 75.7 cm³/mol. The van der Waals surface area contributed by atoms with Gasteiger partial charge in [-0.05, 0) is 26.1 Å². The van der Waals surface area contributed by atoms with Crippen LogP contribution in [-0.4, -0.2) is 29.9 Å². The highest BCUT2D eigenvalue weighted by Gasteiger charge is 2.14. The van der Waals surface area contributed by atoms with Crippen LogP contribution in [0.2, 0.25) is 0 Å². The van der Waals surface area contributed by atoms with Crippen molar-refractivity contribution in [2.24, 2.45) is 14.0 Å². The van der Waals surface area contributed by atoms with Crippen molar-refractivity contribution in [2.75, 3.05) is 0 Å². The van der Waals surface area contributed by atoms with Crippen molar-refractivity contribution in [1.29, 1.82) is 0 Å². The van der Waals surface area contributed by atoms with E-state index in [0.717, 1.165) is 9.13 Å². The number of nitrogens with zero attached hydrogens (tertiary/aromatic N) is 4. The molecule has 7 heteroatoms. The number of aliphatic hydroxyl groups excluding tert-OH is 1. The zero-order valence-electron chi connectivity index (χ0n) is 18.0. The highest BCUT2D eigenvalue weighted by atomic mass is 16.3. The summed E-state index contributed by atoms with van der Waals surface area (Å²) in [6.45, 7) is -5.57. The molecule has 7 nitrogen and oxygen atoms in total. The van der Waals surface area contributed by atoms with Gasteiger partial charge < -0.3 is 9.67 Å². The smallest absolute Gasteiger partial charge is 0.332 e. The average Bonchev–Trinajstić information content (AvgIpc) is 2.78. The van der Waals surface area contributed by atoms with Gasteiger partial charge in [0.25, 0.3) is 5.56 Å². The topological polar surface area (TPSA) is 82.1 Å². The van der Waals surface area contributed by atoms with Crippen LogP contribution in [0.1, 0.15) is 35.7 Å². The minimum absolute atomic E-state index is 0.0520. The lowest BCUT2D eigenvalue weighted by molar-refractivity contribution is 0.180. The standard InChI is InChI=1S/C13H20N4O3/c1-9(18)6-4-5-7-17-12(19)10-11(14-8-15(10)2)16(3)13(17)20/h8-9,18H,4-7H2,1-3H3/i1D3,3D3,8D. The van der Waals surface area contributed by atoms with Gasteiger partial charge in [-0.3, -0.25) is 13.9 Å². The SMILES string of the molecule is [2H]c1nc2c(c(=O)n(CCCCC(O)C([2H])([2H])[2H])c(=O)n2C([2H])([2H])[2H])n1C. The van der Waals surface area contributed by atoms with Crippen LogP contribution in [0.4, 0.5) is 0 Å². The van der Waals surface area contributed by atoms with Crippen molar-refractivity contribution in [2.45, 2.75) is 38.8 Å². The van der Waals surface area contributed by atoms with Crippen LogP contribution >= 0.6 is 0 Å². The molecule has 0 aliphatic carbocycles. The molecule has 2 rings (SSSR count). The van der Waals surface area contributed by atoms with E-state index in [2.05, 4.69) is 4.98 Å². The molecular weight excluding hydrogens is 260 g/mol.